The molecule has 2 fully saturated rings. The molecule has 0 bridgehead atoms. The van der Waals surface area contributed by atoms with Crippen LogP contribution in [-0.2, 0) is 9.53 Å². The summed E-state index contributed by atoms with van der Waals surface area (Å²) in [6, 6.07) is -0.0232. The van der Waals surface area contributed by atoms with Crippen molar-refractivity contribution >= 4 is 5.97 Å². The zero-order chi connectivity index (χ0) is 10.1. The van der Waals surface area contributed by atoms with Crippen LogP contribution in [0.1, 0.15) is 33.1 Å². The smallest absolute Gasteiger partial charge is 0.323 e. The summed E-state index contributed by atoms with van der Waals surface area (Å²) in [7, 11) is 0. The van der Waals surface area contributed by atoms with E-state index in [9.17, 15) is 4.79 Å². The average molecular weight is 197 g/mol. The number of carbonyl (C=O) groups is 1. The first-order chi connectivity index (χ1) is 6.68. The summed E-state index contributed by atoms with van der Waals surface area (Å²) in [6.07, 6.45) is 3.76. The Balaban J connectivity index is 1.94. The second-order valence-electron chi connectivity index (χ2n) is 4.73. The highest BCUT2D eigenvalue weighted by atomic mass is 16.5. The van der Waals surface area contributed by atoms with Crippen LogP contribution in [-0.4, -0.2) is 24.7 Å². The number of esters is 1. The van der Waals surface area contributed by atoms with E-state index in [0.717, 1.165) is 12.5 Å². The third-order valence-corrected chi connectivity index (χ3v) is 3.35. The molecule has 1 N–H and O–H groups in total. The second kappa shape index (κ2) is 3.89. The Morgan fingerprint density at radius 2 is 2.21 bits per heavy atom. The Morgan fingerprint density at radius 3 is 2.93 bits per heavy atom. The van der Waals surface area contributed by atoms with E-state index in [2.05, 4.69) is 5.32 Å². The van der Waals surface area contributed by atoms with Gasteiger partial charge in [-0.3, -0.25) is 4.79 Å². The molecule has 3 atom stereocenters. The molecule has 0 aromatic carbocycles. The van der Waals surface area contributed by atoms with Gasteiger partial charge >= 0.3 is 5.97 Å². The molecule has 1 aliphatic heterocycles. The zero-order valence-electron chi connectivity index (χ0n) is 8.95. The standard InChI is InChI=1S/C11H19NO2/c1-7(2)14-11(13)10-9-5-3-4-8(9)6-12-10/h7-10,12H,3-6H2,1-2H3. The lowest BCUT2D eigenvalue weighted by Gasteiger charge is -2.18. The molecule has 3 unspecified atom stereocenters. The summed E-state index contributed by atoms with van der Waals surface area (Å²) in [5.41, 5.74) is 0. The molecule has 1 heterocycles. The van der Waals surface area contributed by atoms with Crippen LogP contribution in [0.25, 0.3) is 0 Å². The van der Waals surface area contributed by atoms with Crippen LogP contribution in [0, 0.1) is 11.8 Å². The Bertz CT molecular complexity index is 227. The van der Waals surface area contributed by atoms with Crippen LogP contribution in [0.15, 0.2) is 0 Å². The van der Waals surface area contributed by atoms with Crippen molar-refractivity contribution in [3.8, 4) is 0 Å². The largest absolute Gasteiger partial charge is 0.462 e. The number of nitrogens with one attached hydrogen (secondary N) is 1. The Morgan fingerprint density at radius 1 is 1.43 bits per heavy atom. The maximum absolute atomic E-state index is 11.7. The fraction of sp³-hybridized carbons (Fsp3) is 0.909. The summed E-state index contributed by atoms with van der Waals surface area (Å²) in [5.74, 6) is 1.22. The third-order valence-electron chi connectivity index (χ3n) is 3.35. The van der Waals surface area contributed by atoms with Crippen molar-refractivity contribution in [1.29, 1.82) is 0 Å². The number of carbonyl (C=O) groups excluding carboxylic acids is 1. The second-order valence-corrected chi connectivity index (χ2v) is 4.73. The summed E-state index contributed by atoms with van der Waals surface area (Å²) in [6.45, 7) is 4.81. The molecule has 1 saturated heterocycles. The first kappa shape index (κ1) is 9.97. The first-order valence-corrected chi connectivity index (χ1v) is 5.62. The SMILES string of the molecule is CC(C)OC(=O)C1NCC2CCCC21. The van der Waals surface area contributed by atoms with Crippen LogP contribution in [0.4, 0.5) is 0 Å². The molecule has 0 radical (unpaired) electrons. The molecule has 3 nitrogen and oxygen atoms in total. The van der Waals surface area contributed by atoms with Gasteiger partial charge < -0.3 is 10.1 Å². The molecule has 2 aliphatic rings. The molecular formula is C11H19NO2. The predicted octanol–water partition coefficient (Wildman–Crippen LogP) is 1.33. The molecule has 0 aromatic rings. The molecule has 1 aliphatic carbocycles. The molecule has 3 heteroatoms. The Hall–Kier alpha value is -0.570. The first-order valence-electron chi connectivity index (χ1n) is 5.62. The normalized spacial score (nSPS) is 36.1. The quantitative estimate of drug-likeness (QED) is 0.679. The van der Waals surface area contributed by atoms with Crippen LogP contribution >= 0.6 is 0 Å². The summed E-state index contributed by atoms with van der Waals surface area (Å²) in [4.78, 5) is 11.7. The van der Waals surface area contributed by atoms with E-state index in [1.54, 1.807) is 0 Å². The number of fused-ring (bicyclic) bond motifs is 1. The molecule has 14 heavy (non-hydrogen) atoms. The maximum atomic E-state index is 11.7. The van der Waals surface area contributed by atoms with Gasteiger partial charge in [-0.15, -0.1) is 0 Å². The number of rotatable bonds is 2. The topological polar surface area (TPSA) is 38.3 Å². The van der Waals surface area contributed by atoms with Crippen molar-refractivity contribution in [2.45, 2.75) is 45.3 Å². The monoisotopic (exact) mass is 197 g/mol. The minimum absolute atomic E-state index is 0.00440. The van der Waals surface area contributed by atoms with Crippen molar-refractivity contribution < 1.29 is 9.53 Å². The van der Waals surface area contributed by atoms with E-state index in [1.807, 2.05) is 13.8 Å². The van der Waals surface area contributed by atoms with Crippen LogP contribution < -0.4 is 5.32 Å². The molecular weight excluding hydrogens is 178 g/mol. The van der Waals surface area contributed by atoms with Crippen molar-refractivity contribution in [3.05, 3.63) is 0 Å². The van der Waals surface area contributed by atoms with Gasteiger partial charge in [-0.25, -0.2) is 0 Å². The zero-order valence-corrected chi connectivity index (χ0v) is 8.95. The maximum Gasteiger partial charge on any atom is 0.323 e. The lowest BCUT2D eigenvalue weighted by molar-refractivity contribution is -0.150. The number of ether oxygens (including phenoxy) is 1. The molecule has 0 amide bonds. The van der Waals surface area contributed by atoms with Gasteiger partial charge in [0.2, 0.25) is 0 Å². The van der Waals surface area contributed by atoms with E-state index >= 15 is 0 Å². The minimum atomic E-state index is -0.0469. The van der Waals surface area contributed by atoms with Gasteiger partial charge in [0, 0.05) is 0 Å². The molecule has 2 rings (SSSR count). The highest BCUT2D eigenvalue weighted by molar-refractivity contribution is 5.77. The van der Waals surface area contributed by atoms with Crippen molar-refractivity contribution in [2.75, 3.05) is 6.54 Å². The minimum Gasteiger partial charge on any atom is -0.462 e. The van der Waals surface area contributed by atoms with Gasteiger partial charge in [-0.05, 0) is 45.1 Å². The van der Waals surface area contributed by atoms with E-state index in [1.165, 1.54) is 19.3 Å². The Labute approximate surface area is 85.2 Å². The van der Waals surface area contributed by atoms with Crippen molar-refractivity contribution in [1.82, 2.24) is 5.32 Å². The lowest BCUT2D eigenvalue weighted by Crippen LogP contribution is -2.38. The summed E-state index contributed by atoms with van der Waals surface area (Å²) in [5, 5.41) is 3.29. The summed E-state index contributed by atoms with van der Waals surface area (Å²) >= 11 is 0. The molecule has 80 valence electrons. The van der Waals surface area contributed by atoms with Gasteiger partial charge in [0.15, 0.2) is 0 Å². The van der Waals surface area contributed by atoms with E-state index in [4.69, 9.17) is 4.74 Å². The lowest BCUT2D eigenvalue weighted by atomic mass is 9.94. The fourth-order valence-corrected chi connectivity index (χ4v) is 2.75. The van der Waals surface area contributed by atoms with Gasteiger partial charge in [0.1, 0.15) is 6.04 Å². The van der Waals surface area contributed by atoms with Gasteiger partial charge in [-0.2, -0.15) is 0 Å². The highest BCUT2D eigenvalue weighted by Gasteiger charge is 2.43. The molecule has 1 saturated carbocycles. The van der Waals surface area contributed by atoms with Crippen molar-refractivity contribution in [2.24, 2.45) is 11.8 Å². The van der Waals surface area contributed by atoms with E-state index in [-0.39, 0.29) is 18.1 Å². The van der Waals surface area contributed by atoms with E-state index < -0.39 is 0 Å². The van der Waals surface area contributed by atoms with Gasteiger partial charge in [-0.1, -0.05) is 6.42 Å². The number of hydrogen-bond donors (Lipinski definition) is 1. The van der Waals surface area contributed by atoms with E-state index in [0.29, 0.717) is 5.92 Å². The predicted molar refractivity (Wildman–Crippen MR) is 53.8 cm³/mol. The van der Waals surface area contributed by atoms with Crippen LogP contribution in [0.3, 0.4) is 0 Å². The van der Waals surface area contributed by atoms with Crippen molar-refractivity contribution in [3.63, 3.8) is 0 Å². The fourth-order valence-electron chi connectivity index (χ4n) is 2.75. The van der Waals surface area contributed by atoms with Crippen LogP contribution in [0.2, 0.25) is 0 Å². The van der Waals surface area contributed by atoms with Crippen LogP contribution in [0.5, 0.6) is 0 Å². The Kier molecular flexibility index (Phi) is 2.77. The molecule has 0 spiro atoms. The average Bonchev–Trinajstić information content (AvgIpc) is 2.59. The van der Waals surface area contributed by atoms with Gasteiger partial charge in [0.25, 0.3) is 0 Å². The molecule has 0 aromatic heterocycles. The number of hydrogen-bond acceptors (Lipinski definition) is 3. The highest BCUT2D eigenvalue weighted by Crippen LogP contribution is 2.38. The summed E-state index contributed by atoms with van der Waals surface area (Å²) < 4.78 is 5.24. The van der Waals surface area contributed by atoms with Gasteiger partial charge in [0.05, 0.1) is 6.10 Å². The third kappa shape index (κ3) is 1.78.